The number of anilines is 1. The molecule has 0 aliphatic heterocycles. The third-order valence-electron chi connectivity index (χ3n) is 2.71. The molecule has 0 aliphatic rings. The Morgan fingerprint density at radius 3 is 2.86 bits per heavy atom. The van der Waals surface area contributed by atoms with Gasteiger partial charge in [-0.1, -0.05) is 6.07 Å². The van der Waals surface area contributed by atoms with Gasteiger partial charge in [0, 0.05) is 11.8 Å². The highest BCUT2D eigenvalue weighted by molar-refractivity contribution is 9.10. The number of amides is 1. The maximum absolute atomic E-state index is 11.9. The van der Waals surface area contributed by atoms with Gasteiger partial charge in [0.15, 0.2) is 0 Å². The number of phenolic OH excluding ortho intramolecular Hbond substituents is 1. The zero-order chi connectivity index (χ0) is 15.6. The van der Waals surface area contributed by atoms with Crippen LogP contribution in [0.15, 0.2) is 28.7 Å². The number of phenols is 1. The van der Waals surface area contributed by atoms with Gasteiger partial charge in [-0.3, -0.25) is 4.79 Å². The normalized spacial score (nSPS) is 10.4. The van der Waals surface area contributed by atoms with Crippen molar-refractivity contribution in [2.24, 2.45) is 0 Å². The van der Waals surface area contributed by atoms with E-state index in [2.05, 4.69) is 26.3 Å². The van der Waals surface area contributed by atoms with E-state index in [1.165, 1.54) is 16.8 Å². The van der Waals surface area contributed by atoms with E-state index in [0.29, 0.717) is 11.4 Å². The first kappa shape index (κ1) is 15.0. The molecule has 0 saturated carbocycles. The highest BCUT2D eigenvalue weighted by Crippen LogP contribution is 2.26. The van der Waals surface area contributed by atoms with Gasteiger partial charge in [0.25, 0.3) is 0 Å². The molecule has 1 amide bonds. The zero-order valence-corrected chi connectivity index (χ0v) is 12.5. The lowest BCUT2D eigenvalue weighted by Gasteiger charge is -2.05. The van der Waals surface area contributed by atoms with Gasteiger partial charge in [0.1, 0.15) is 16.8 Å². The van der Waals surface area contributed by atoms with Gasteiger partial charge in [0.2, 0.25) is 5.91 Å². The van der Waals surface area contributed by atoms with E-state index < -0.39 is 10.8 Å². The second-order valence-electron chi connectivity index (χ2n) is 4.24. The minimum atomic E-state index is -0.624. The summed E-state index contributed by atoms with van der Waals surface area (Å²) >= 11 is 3.08. The van der Waals surface area contributed by atoms with Crippen LogP contribution in [0.3, 0.4) is 0 Å². The summed E-state index contributed by atoms with van der Waals surface area (Å²) in [5.74, 6) is -0.715. The summed E-state index contributed by atoms with van der Waals surface area (Å²) in [4.78, 5) is 22.0. The first-order chi connectivity index (χ1) is 9.88. The molecular formula is C12H11BrN4O4. The summed E-state index contributed by atoms with van der Waals surface area (Å²) in [6.07, 6.45) is 0. The van der Waals surface area contributed by atoms with Gasteiger partial charge in [-0.05, 0) is 39.9 Å². The molecule has 1 heterocycles. The van der Waals surface area contributed by atoms with Crippen LogP contribution in [0.5, 0.6) is 5.75 Å². The van der Waals surface area contributed by atoms with Crippen LogP contribution < -0.4 is 5.32 Å². The molecule has 1 aromatic carbocycles. The lowest BCUT2D eigenvalue weighted by molar-refractivity contribution is -0.390. The van der Waals surface area contributed by atoms with Gasteiger partial charge in [0.05, 0.1) is 10.8 Å². The third-order valence-corrected chi connectivity index (χ3v) is 3.64. The SMILES string of the molecule is Cc1c(Br)c([N+](=O)[O-])nn1CC(=O)Nc1cccc(O)c1. The van der Waals surface area contributed by atoms with E-state index in [0.717, 1.165) is 0 Å². The molecule has 2 N–H and O–H groups in total. The van der Waals surface area contributed by atoms with E-state index in [-0.39, 0.29) is 22.6 Å². The van der Waals surface area contributed by atoms with E-state index in [1.807, 2.05) is 0 Å². The molecule has 0 radical (unpaired) electrons. The topological polar surface area (TPSA) is 110 Å². The molecule has 9 heteroatoms. The predicted molar refractivity (Wildman–Crippen MR) is 78.1 cm³/mol. The number of carbonyl (C=O) groups excluding carboxylic acids is 1. The maximum Gasteiger partial charge on any atom is 0.404 e. The van der Waals surface area contributed by atoms with Crippen molar-refractivity contribution in [3.8, 4) is 5.75 Å². The molecule has 0 unspecified atom stereocenters. The standard InChI is InChI=1S/C12H11BrN4O4/c1-7-11(13)12(17(20)21)15-16(7)6-10(19)14-8-3-2-4-9(18)5-8/h2-5,18H,6H2,1H3,(H,14,19). The number of nitro groups is 1. The fraction of sp³-hybridized carbons (Fsp3) is 0.167. The molecule has 0 saturated heterocycles. The number of hydrogen-bond donors (Lipinski definition) is 2. The van der Waals surface area contributed by atoms with Crippen molar-refractivity contribution in [3.05, 3.63) is 44.5 Å². The number of halogens is 1. The summed E-state index contributed by atoms with van der Waals surface area (Å²) in [7, 11) is 0. The fourth-order valence-electron chi connectivity index (χ4n) is 1.70. The van der Waals surface area contributed by atoms with Gasteiger partial charge in [-0.15, -0.1) is 0 Å². The van der Waals surface area contributed by atoms with E-state index in [1.54, 1.807) is 19.1 Å². The summed E-state index contributed by atoms with van der Waals surface area (Å²) < 4.78 is 1.48. The van der Waals surface area contributed by atoms with E-state index in [4.69, 9.17) is 0 Å². The first-order valence-corrected chi connectivity index (χ1v) is 6.64. The van der Waals surface area contributed by atoms with Crippen LogP contribution in [0.4, 0.5) is 11.5 Å². The smallest absolute Gasteiger partial charge is 0.404 e. The van der Waals surface area contributed by atoms with Gasteiger partial charge < -0.3 is 20.5 Å². The predicted octanol–water partition coefficient (Wildman–Crippen LogP) is 2.21. The monoisotopic (exact) mass is 354 g/mol. The lowest BCUT2D eigenvalue weighted by atomic mass is 10.3. The largest absolute Gasteiger partial charge is 0.508 e. The molecule has 0 spiro atoms. The highest BCUT2D eigenvalue weighted by Gasteiger charge is 2.24. The number of rotatable bonds is 4. The van der Waals surface area contributed by atoms with Crippen molar-refractivity contribution < 1.29 is 14.8 Å². The number of benzene rings is 1. The third kappa shape index (κ3) is 3.37. The number of aromatic hydroxyl groups is 1. The first-order valence-electron chi connectivity index (χ1n) is 5.84. The Hall–Kier alpha value is -2.42. The molecule has 8 nitrogen and oxygen atoms in total. The fourth-order valence-corrected chi connectivity index (χ4v) is 2.13. The summed E-state index contributed by atoms with van der Waals surface area (Å²) in [6, 6.07) is 6.08. The van der Waals surface area contributed by atoms with Crippen molar-refractivity contribution in [1.82, 2.24) is 9.78 Å². The van der Waals surface area contributed by atoms with Crippen LogP contribution in [0.1, 0.15) is 5.69 Å². The summed E-state index contributed by atoms with van der Waals surface area (Å²) in [6.45, 7) is 1.44. The average molecular weight is 355 g/mol. The van der Waals surface area contributed by atoms with E-state index in [9.17, 15) is 20.0 Å². The highest BCUT2D eigenvalue weighted by atomic mass is 79.9. The number of nitrogens with zero attached hydrogens (tertiary/aromatic N) is 3. The number of nitrogens with one attached hydrogen (secondary N) is 1. The molecule has 21 heavy (non-hydrogen) atoms. The maximum atomic E-state index is 11.9. The number of carbonyl (C=O) groups is 1. The van der Waals surface area contributed by atoms with Crippen molar-refractivity contribution in [3.63, 3.8) is 0 Å². The molecule has 0 bridgehead atoms. The van der Waals surface area contributed by atoms with Crippen LogP contribution in [0.25, 0.3) is 0 Å². The van der Waals surface area contributed by atoms with Crippen molar-refractivity contribution in [2.75, 3.05) is 5.32 Å². The van der Waals surface area contributed by atoms with E-state index >= 15 is 0 Å². The molecule has 2 rings (SSSR count). The van der Waals surface area contributed by atoms with Crippen LogP contribution in [-0.2, 0) is 11.3 Å². The van der Waals surface area contributed by atoms with Crippen LogP contribution in [-0.4, -0.2) is 25.7 Å². The Morgan fingerprint density at radius 1 is 1.57 bits per heavy atom. The summed E-state index contributed by atoms with van der Waals surface area (Å²) in [5, 5.41) is 26.4. The number of hydrogen-bond acceptors (Lipinski definition) is 5. The quantitative estimate of drug-likeness (QED) is 0.645. The van der Waals surface area contributed by atoms with Gasteiger partial charge in [-0.2, -0.15) is 4.68 Å². The molecular weight excluding hydrogens is 344 g/mol. The molecule has 0 atom stereocenters. The molecule has 0 fully saturated rings. The Labute approximate surface area is 127 Å². The van der Waals surface area contributed by atoms with Crippen LogP contribution >= 0.6 is 15.9 Å². The lowest BCUT2D eigenvalue weighted by Crippen LogP contribution is -2.20. The minimum absolute atomic E-state index is 0.0291. The Morgan fingerprint density at radius 2 is 2.29 bits per heavy atom. The molecule has 2 aromatic rings. The molecule has 0 aliphatic carbocycles. The second kappa shape index (κ2) is 5.92. The Bertz CT molecular complexity index is 713. The second-order valence-corrected chi connectivity index (χ2v) is 5.03. The van der Waals surface area contributed by atoms with Crippen LogP contribution in [0.2, 0.25) is 0 Å². The van der Waals surface area contributed by atoms with Gasteiger partial charge in [-0.25, -0.2) is 0 Å². The average Bonchev–Trinajstić information content (AvgIpc) is 2.67. The zero-order valence-electron chi connectivity index (χ0n) is 10.9. The van der Waals surface area contributed by atoms with Crippen molar-refractivity contribution in [2.45, 2.75) is 13.5 Å². The van der Waals surface area contributed by atoms with Crippen LogP contribution in [0, 0.1) is 17.0 Å². The number of aromatic nitrogens is 2. The van der Waals surface area contributed by atoms with Crippen molar-refractivity contribution >= 4 is 33.3 Å². The Balaban J connectivity index is 2.13. The minimum Gasteiger partial charge on any atom is -0.508 e. The summed E-state index contributed by atoms with van der Waals surface area (Å²) in [5.41, 5.74) is 0.908. The van der Waals surface area contributed by atoms with Crippen molar-refractivity contribution in [1.29, 1.82) is 0 Å². The molecule has 110 valence electrons. The van der Waals surface area contributed by atoms with Gasteiger partial charge >= 0.3 is 5.82 Å². The molecule has 1 aromatic heterocycles. The Kier molecular flexibility index (Phi) is 4.22.